The Morgan fingerprint density at radius 2 is 2.19 bits per heavy atom. The number of aliphatic hydroxyl groups is 2. The number of aliphatic hydroxyl groups excluding tert-OH is 2. The van der Waals surface area contributed by atoms with Crippen LogP contribution in [0.25, 0.3) is 11.2 Å². The normalized spacial score (nSPS) is 29.3. The molecule has 6 N–H and O–H groups in total. The monoisotopic (exact) mass is 360 g/mol. The van der Waals surface area contributed by atoms with E-state index in [0.717, 1.165) is 0 Å². The van der Waals surface area contributed by atoms with Crippen molar-refractivity contribution >= 4 is 37.9 Å². The Bertz CT molecular complexity index is 665. The van der Waals surface area contributed by atoms with Gasteiger partial charge in [-0.1, -0.05) is 0 Å². The fourth-order valence-corrected chi connectivity index (χ4v) is 4.34. The molecule has 0 saturated carbocycles. The van der Waals surface area contributed by atoms with Crippen molar-refractivity contribution < 1.29 is 14.9 Å². The summed E-state index contributed by atoms with van der Waals surface area (Å²) in [5.41, 5.74) is 12.3. The van der Waals surface area contributed by atoms with Crippen LogP contribution in [0.15, 0.2) is 6.33 Å². The summed E-state index contributed by atoms with van der Waals surface area (Å²) in [6.07, 6.45) is -0.249. The standard InChI is InChI=1S/C11H16N6O3Se/c1-21-7-6(19)4(2-18)20-10(7)17-3-14-5-8(12)15-11(13)16-9(5)17/h3-4,6-7,10,18-19H,2H2,1H3,(H4,12,13,15,16)/t4-,6-,7+,10-/m1/s1. The first-order valence-corrected chi connectivity index (χ1v) is 8.99. The molecule has 114 valence electrons. The Kier molecular flexibility index (Phi) is 3.72. The van der Waals surface area contributed by atoms with Crippen LogP contribution in [0, 0.1) is 0 Å². The van der Waals surface area contributed by atoms with Crippen LogP contribution in [-0.2, 0) is 4.74 Å². The van der Waals surface area contributed by atoms with E-state index in [-0.39, 0.29) is 38.1 Å². The number of nitrogens with zero attached hydrogens (tertiary/aromatic N) is 4. The maximum atomic E-state index is 10.2. The number of ether oxygens (including phenoxy) is 1. The summed E-state index contributed by atoms with van der Waals surface area (Å²) in [6, 6.07) is 0. The second-order valence-corrected chi connectivity index (χ2v) is 6.86. The molecular weight excluding hydrogens is 343 g/mol. The fourth-order valence-electron chi connectivity index (χ4n) is 2.49. The van der Waals surface area contributed by atoms with E-state index in [1.807, 2.05) is 5.82 Å². The van der Waals surface area contributed by atoms with Crippen LogP contribution in [0.5, 0.6) is 0 Å². The summed E-state index contributed by atoms with van der Waals surface area (Å²) in [7, 11) is 0. The van der Waals surface area contributed by atoms with Gasteiger partial charge in [0, 0.05) is 0 Å². The van der Waals surface area contributed by atoms with Gasteiger partial charge in [0.15, 0.2) is 0 Å². The SMILES string of the molecule is C[Se][C@H]1[C@H](O)[C@@H](CO)O[C@H]1n1cnc2c(N)nc(N)nc21. The molecule has 0 radical (unpaired) electrons. The van der Waals surface area contributed by atoms with E-state index in [1.165, 1.54) is 0 Å². The summed E-state index contributed by atoms with van der Waals surface area (Å²) < 4.78 is 7.45. The van der Waals surface area contributed by atoms with Crippen LogP contribution in [0.3, 0.4) is 0 Å². The van der Waals surface area contributed by atoms with Gasteiger partial charge in [-0.05, 0) is 0 Å². The summed E-state index contributed by atoms with van der Waals surface area (Å²) >= 11 is 0.106. The van der Waals surface area contributed by atoms with Gasteiger partial charge >= 0.3 is 126 Å². The number of aromatic nitrogens is 4. The molecule has 0 amide bonds. The van der Waals surface area contributed by atoms with Gasteiger partial charge < -0.3 is 0 Å². The fraction of sp³-hybridized carbons (Fsp3) is 0.545. The van der Waals surface area contributed by atoms with Crippen molar-refractivity contribution in [1.82, 2.24) is 19.5 Å². The van der Waals surface area contributed by atoms with Crippen LogP contribution in [-0.4, -0.2) is 63.5 Å². The van der Waals surface area contributed by atoms with E-state index in [9.17, 15) is 10.2 Å². The van der Waals surface area contributed by atoms with E-state index in [2.05, 4.69) is 15.0 Å². The molecule has 0 bridgehead atoms. The molecule has 4 atom stereocenters. The molecular formula is C11H16N6O3Se. The number of nitrogens with two attached hydrogens (primary N) is 2. The van der Waals surface area contributed by atoms with Crippen LogP contribution in [0.4, 0.5) is 11.8 Å². The van der Waals surface area contributed by atoms with Gasteiger partial charge in [0.25, 0.3) is 0 Å². The van der Waals surface area contributed by atoms with Crippen molar-refractivity contribution in [3.8, 4) is 0 Å². The zero-order valence-corrected chi connectivity index (χ0v) is 13.0. The third-order valence-electron chi connectivity index (χ3n) is 3.50. The van der Waals surface area contributed by atoms with Crippen molar-refractivity contribution in [2.45, 2.75) is 29.1 Å². The van der Waals surface area contributed by atoms with Gasteiger partial charge in [-0.2, -0.15) is 0 Å². The van der Waals surface area contributed by atoms with Crippen LogP contribution in [0.2, 0.25) is 10.6 Å². The van der Waals surface area contributed by atoms with Gasteiger partial charge in [-0.3, -0.25) is 0 Å². The Hall–Kier alpha value is -1.45. The van der Waals surface area contributed by atoms with Crippen molar-refractivity contribution in [3.63, 3.8) is 0 Å². The molecule has 0 aromatic carbocycles. The third kappa shape index (κ3) is 2.25. The Balaban J connectivity index is 2.08. The van der Waals surface area contributed by atoms with E-state index in [1.54, 1.807) is 10.9 Å². The molecule has 0 spiro atoms. The molecule has 10 heteroatoms. The van der Waals surface area contributed by atoms with Crippen molar-refractivity contribution in [1.29, 1.82) is 0 Å². The Morgan fingerprint density at radius 1 is 1.43 bits per heavy atom. The first-order chi connectivity index (χ1) is 10.1. The van der Waals surface area contributed by atoms with Gasteiger partial charge in [0.2, 0.25) is 0 Å². The molecule has 1 fully saturated rings. The Labute approximate surface area is 126 Å². The number of fused-ring (bicyclic) bond motifs is 1. The van der Waals surface area contributed by atoms with Crippen molar-refractivity contribution in [2.24, 2.45) is 0 Å². The second-order valence-electron chi connectivity index (χ2n) is 4.73. The van der Waals surface area contributed by atoms with E-state index in [0.29, 0.717) is 11.2 Å². The molecule has 2 aromatic rings. The van der Waals surface area contributed by atoms with Gasteiger partial charge in [-0.25, -0.2) is 0 Å². The van der Waals surface area contributed by atoms with Crippen molar-refractivity contribution in [3.05, 3.63) is 6.33 Å². The number of anilines is 2. The number of hydrogen-bond donors (Lipinski definition) is 4. The minimum absolute atomic E-state index is 0.0533. The molecule has 1 aliphatic rings. The molecule has 21 heavy (non-hydrogen) atoms. The van der Waals surface area contributed by atoms with Crippen LogP contribution in [0.1, 0.15) is 6.23 Å². The van der Waals surface area contributed by atoms with Gasteiger partial charge in [0.1, 0.15) is 0 Å². The van der Waals surface area contributed by atoms with E-state index >= 15 is 0 Å². The summed E-state index contributed by atoms with van der Waals surface area (Å²) in [4.78, 5) is 12.1. The number of nitrogen functional groups attached to an aromatic ring is 2. The topological polar surface area (TPSA) is 145 Å². The average Bonchev–Trinajstić information content (AvgIpc) is 2.99. The first kappa shape index (κ1) is 14.5. The zero-order chi connectivity index (χ0) is 15.1. The average molecular weight is 359 g/mol. The second kappa shape index (κ2) is 5.39. The molecule has 3 rings (SSSR count). The molecule has 0 unspecified atom stereocenters. The summed E-state index contributed by atoms with van der Waals surface area (Å²) in [6.45, 7) is -0.240. The number of hydrogen-bond acceptors (Lipinski definition) is 8. The quantitative estimate of drug-likeness (QED) is 0.499. The zero-order valence-electron chi connectivity index (χ0n) is 11.2. The first-order valence-electron chi connectivity index (χ1n) is 6.29. The van der Waals surface area contributed by atoms with Gasteiger partial charge in [-0.15, -0.1) is 0 Å². The third-order valence-corrected chi connectivity index (χ3v) is 5.72. The van der Waals surface area contributed by atoms with Gasteiger partial charge in [0.05, 0.1) is 0 Å². The molecule has 1 aliphatic heterocycles. The van der Waals surface area contributed by atoms with Crippen LogP contribution >= 0.6 is 0 Å². The Morgan fingerprint density at radius 3 is 2.86 bits per heavy atom. The minimum atomic E-state index is -0.723. The predicted molar refractivity (Wildman–Crippen MR) is 76.5 cm³/mol. The molecule has 9 nitrogen and oxygen atoms in total. The molecule has 0 aliphatic carbocycles. The summed E-state index contributed by atoms with van der Waals surface area (Å²) in [5.74, 6) is 2.26. The van der Waals surface area contributed by atoms with Crippen molar-refractivity contribution in [2.75, 3.05) is 18.1 Å². The number of imidazole rings is 1. The number of rotatable bonds is 3. The predicted octanol–water partition coefficient (Wildman–Crippen LogP) is -1.22. The molecule has 2 aromatic heterocycles. The summed E-state index contributed by atoms with van der Waals surface area (Å²) in [5, 5.41) is 19.5. The van der Waals surface area contributed by atoms with Crippen LogP contribution < -0.4 is 11.5 Å². The molecule has 1 saturated heterocycles. The maximum absolute atomic E-state index is 10.2. The molecule has 3 heterocycles. The van der Waals surface area contributed by atoms with E-state index in [4.69, 9.17) is 16.2 Å². The van der Waals surface area contributed by atoms with E-state index < -0.39 is 18.4 Å².